The Hall–Kier alpha value is -3.26. The molecule has 1 unspecified atom stereocenters. The van der Waals surface area contributed by atoms with Gasteiger partial charge in [0.05, 0.1) is 13.7 Å². The zero-order chi connectivity index (χ0) is 25.0. The van der Waals surface area contributed by atoms with Crippen molar-refractivity contribution in [2.75, 3.05) is 38.7 Å². The van der Waals surface area contributed by atoms with Gasteiger partial charge < -0.3 is 29.5 Å². The Morgan fingerprint density at radius 1 is 1.06 bits per heavy atom. The van der Waals surface area contributed by atoms with E-state index < -0.39 is 12.1 Å². The molecule has 1 fully saturated rings. The molecule has 0 aliphatic heterocycles. The van der Waals surface area contributed by atoms with Gasteiger partial charge in [-0.3, -0.25) is 0 Å². The van der Waals surface area contributed by atoms with Gasteiger partial charge in [0.25, 0.3) is 0 Å². The Labute approximate surface area is 207 Å². The number of aliphatic carboxylic acids is 1. The summed E-state index contributed by atoms with van der Waals surface area (Å²) in [5, 5.41) is 12.2. The minimum atomic E-state index is -0.970. The van der Waals surface area contributed by atoms with E-state index in [2.05, 4.69) is 5.32 Å². The molecule has 190 valence electrons. The first-order valence-corrected chi connectivity index (χ1v) is 12.2. The molecule has 0 radical (unpaired) electrons. The zero-order valence-corrected chi connectivity index (χ0v) is 20.6. The Morgan fingerprint density at radius 3 is 2.31 bits per heavy atom. The van der Waals surface area contributed by atoms with Crippen molar-refractivity contribution in [3.8, 4) is 11.5 Å². The molecule has 3 rings (SSSR count). The van der Waals surface area contributed by atoms with E-state index in [0.717, 1.165) is 29.8 Å². The average molecular weight is 485 g/mol. The minimum Gasteiger partial charge on any atom is -0.497 e. The molecule has 0 heterocycles. The van der Waals surface area contributed by atoms with Crippen LogP contribution in [-0.2, 0) is 16.0 Å². The van der Waals surface area contributed by atoms with Gasteiger partial charge in [-0.25, -0.2) is 9.59 Å². The summed E-state index contributed by atoms with van der Waals surface area (Å²) in [5.74, 6) is 0.959. The molecule has 0 saturated heterocycles. The number of anilines is 1. The number of amides is 2. The third kappa shape index (κ3) is 8.47. The molecule has 2 amide bonds. The number of methoxy groups -OCH3 is 1. The van der Waals surface area contributed by atoms with Crippen LogP contribution in [0.1, 0.15) is 38.2 Å². The van der Waals surface area contributed by atoms with E-state index >= 15 is 0 Å². The molecule has 1 aliphatic carbocycles. The number of urea groups is 1. The topological polar surface area (TPSA) is 97.3 Å². The van der Waals surface area contributed by atoms with Crippen molar-refractivity contribution in [3.05, 3.63) is 54.1 Å². The molecule has 1 saturated carbocycles. The summed E-state index contributed by atoms with van der Waals surface area (Å²) in [6.45, 7) is 3.66. The van der Waals surface area contributed by atoms with E-state index in [-0.39, 0.29) is 6.03 Å². The first-order valence-electron chi connectivity index (χ1n) is 12.2. The first-order chi connectivity index (χ1) is 17.0. The van der Waals surface area contributed by atoms with Gasteiger partial charge >= 0.3 is 12.0 Å². The summed E-state index contributed by atoms with van der Waals surface area (Å²) in [5.41, 5.74) is 1.58. The van der Waals surface area contributed by atoms with Gasteiger partial charge in [0.1, 0.15) is 18.1 Å². The fourth-order valence-electron chi connectivity index (χ4n) is 4.29. The number of hydrogen-bond acceptors (Lipinski definition) is 5. The van der Waals surface area contributed by atoms with E-state index in [1.807, 2.05) is 53.4 Å². The van der Waals surface area contributed by atoms with Crippen LogP contribution in [-0.4, -0.2) is 61.5 Å². The van der Waals surface area contributed by atoms with Crippen molar-refractivity contribution >= 4 is 17.7 Å². The number of carbonyl (C=O) groups excluding carboxylic acids is 1. The number of ether oxygens (including phenoxy) is 3. The van der Waals surface area contributed by atoms with Gasteiger partial charge in [-0.15, -0.1) is 0 Å². The van der Waals surface area contributed by atoms with E-state index in [1.165, 1.54) is 12.8 Å². The Balaban J connectivity index is 1.54. The van der Waals surface area contributed by atoms with E-state index in [4.69, 9.17) is 14.2 Å². The molecule has 1 atom stereocenters. The van der Waals surface area contributed by atoms with Crippen molar-refractivity contribution in [3.63, 3.8) is 0 Å². The largest absolute Gasteiger partial charge is 0.497 e. The third-order valence-electron chi connectivity index (χ3n) is 6.20. The fourth-order valence-corrected chi connectivity index (χ4v) is 4.29. The van der Waals surface area contributed by atoms with Crippen molar-refractivity contribution in [2.24, 2.45) is 5.92 Å². The number of benzene rings is 2. The number of carbonyl (C=O) groups is 2. The highest BCUT2D eigenvalue weighted by Gasteiger charge is 2.22. The van der Waals surface area contributed by atoms with Crippen LogP contribution in [0.15, 0.2) is 48.5 Å². The van der Waals surface area contributed by atoms with Crippen LogP contribution in [0.4, 0.5) is 10.5 Å². The molecule has 2 aromatic rings. The Bertz CT molecular complexity index is 926. The maximum Gasteiger partial charge on any atom is 0.333 e. The summed E-state index contributed by atoms with van der Waals surface area (Å²) in [6, 6.07) is 14.5. The van der Waals surface area contributed by atoms with Crippen LogP contribution in [0.3, 0.4) is 0 Å². The molecular weight excluding hydrogens is 448 g/mol. The molecule has 0 aromatic heterocycles. The smallest absolute Gasteiger partial charge is 0.333 e. The molecule has 35 heavy (non-hydrogen) atoms. The number of rotatable bonds is 13. The minimum absolute atomic E-state index is 0.142. The zero-order valence-electron chi connectivity index (χ0n) is 20.6. The standard InChI is InChI=1S/C27H36N2O6/c1-3-34-25(26(30)31)18-20-8-12-24(13-9-20)35-17-16-29(19-21-6-4-5-7-21)27(32)28-22-10-14-23(33-2)15-11-22/h8-15,21,25H,3-7,16-19H2,1-2H3,(H,28,32)(H,30,31). The molecule has 8 heteroatoms. The van der Waals surface area contributed by atoms with Gasteiger partial charge in [-0.1, -0.05) is 25.0 Å². The molecule has 2 N–H and O–H groups in total. The Morgan fingerprint density at radius 2 is 1.71 bits per heavy atom. The molecule has 1 aliphatic rings. The molecule has 0 bridgehead atoms. The van der Waals surface area contributed by atoms with Crippen molar-refractivity contribution in [1.29, 1.82) is 0 Å². The van der Waals surface area contributed by atoms with Gasteiger partial charge in [0.15, 0.2) is 6.10 Å². The number of nitrogens with one attached hydrogen (secondary N) is 1. The van der Waals surface area contributed by atoms with E-state index in [1.54, 1.807) is 14.0 Å². The number of nitrogens with zero attached hydrogens (tertiary/aromatic N) is 1. The first kappa shape index (κ1) is 26.3. The number of hydrogen-bond donors (Lipinski definition) is 2. The normalized spacial score (nSPS) is 14.3. The number of carboxylic acid groups (broad SMARTS) is 1. The van der Waals surface area contributed by atoms with Crippen molar-refractivity contribution in [1.82, 2.24) is 4.90 Å². The quantitative estimate of drug-likeness (QED) is 0.423. The lowest BCUT2D eigenvalue weighted by molar-refractivity contribution is -0.149. The van der Waals surface area contributed by atoms with Crippen LogP contribution >= 0.6 is 0 Å². The lowest BCUT2D eigenvalue weighted by Crippen LogP contribution is -2.40. The number of carboxylic acids is 1. The maximum absolute atomic E-state index is 13.0. The Kier molecular flexibility index (Phi) is 10.2. The van der Waals surface area contributed by atoms with Crippen LogP contribution in [0.2, 0.25) is 0 Å². The lowest BCUT2D eigenvalue weighted by atomic mass is 10.1. The van der Waals surface area contributed by atoms with Crippen molar-refractivity contribution < 1.29 is 28.9 Å². The average Bonchev–Trinajstić information content (AvgIpc) is 3.38. The van der Waals surface area contributed by atoms with Gasteiger partial charge in [0, 0.05) is 25.3 Å². The summed E-state index contributed by atoms with van der Waals surface area (Å²) < 4.78 is 16.4. The predicted octanol–water partition coefficient (Wildman–Crippen LogP) is 4.83. The SMILES string of the molecule is CCOC(Cc1ccc(OCCN(CC2CCCC2)C(=O)Nc2ccc(OC)cc2)cc1)C(=O)O. The second kappa shape index (κ2) is 13.6. The van der Waals surface area contributed by atoms with Gasteiger partial charge in [-0.05, 0) is 67.6 Å². The second-order valence-corrected chi connectivity index (χ2v) is 8.73. The second-order valence-electron chi connectivity index (χ2n) is 8.73. The lowest BCUT2D eigenvalue weighted by Gasteiger charge is -2.26. The van der Waals surface area contributed by atoms with E-state index in [0.29, 0.717) is 44.4 Å². The van der Waals surface area contributed by atoms with Crippen LogP contribution in [0, 0.1) is 5.92 Å². The summed E-state index contributed by atoms with van der Waals surface area (Å²) in [7, 11) is 1.61. The molecule has 2 aromatic carbocycles. The highest BCUT2D eigenvalue weighted by Crippen LogP contribution is 2.26. The van der Waals surface area contributed by atoms with Gasteiger partial charge in [-0.2, -0.15) is 0 Å². The van der Waals surface area contributed by atoms with Gasteiger partial charge in [0.2, 0.25) is 0 Å². The monoisotopic (exact) mass is 484 g/mol. The fraction of sp³-hybridized carbons (Fsp3) is 0.481. The molecule has 0 spiro atoms. The third-order valence-corrected chi connectivity index (χ3v) is 6.20. The molecular formula is C27H36N2O6. The predicted molar refractivity (Wildman–Crippen MR) is 134 cm³/mol. The molecule has 8 nitrogen and oxygen atoms in total. The van der Waals surface area contributed by atoms with Crippen LogP contribution < -0.4 is 14.8 Å². The summed E-state index contributed by atoms with van der Waals surface area (Å²) in [4.78, 5) is 26.1. The highest BCUT2D eigenvalue weighted by atomic mass is 16.5. The van der Waals surface area contributed by atoms with Crippen molar-refractivity contribution in [2.45, 2.75) is 45.1 Å². The maximum atomic E-state index is 13.0. The van der Waals surface area contributed by atoms with E-state index in [9.17, 15) is 14.7 Å². The highest BCUT2D eigenvalue weighted by molar-refractivity contribution is 5.89. The summed E-state index contributed by atoms with van der Waals surface area (Å²) >= 11 is 0. The summed E-state index contributed by atoms with van der Waals surface area (Å²) in [6.07, 6.45) is 4.16. The van der Waals surface area contributed by atoms with Crippen LogP contribution in [0.25, 0.3) is 0 Å². The van der Waals surface area contributed by atoms with Crippen LogP contribution in [0.5, 0.6) is 11.5 Å².